The quantitative estimate of drug-likeness (QED) is 0.488. The maximum absolute atomic E-state index is 11.1. The molecule has 112 valence electrons. The molecule has 1 rings (SSSR count). The zero-order chi connectivity index (χ0) is 14.8. The number of rotatable bonds is 10. The highest BCUT2D eigenvalue weighted by Gasteiger charge is 2.11. The lowest BCUT2D eigenvalue weighted by Crippen LogP contribution is -2.25. The minimum Gasteiger partial charge on any atom is -0.494 e. The van der Waals surface area contributed by atoms with Crippen LogP contribution in [0.15, 0.2) is 18.2 Å². The van der Waals surface area contributed by atoms with Crippen molar-refractivity contribution in [3.8, 4) is 11.5 Å². The molecule has 0 aromatic heterocycles. The van der Waals surface area contributed by atoms with Crippen LogP contribution in [0.25, 0.3) is 0 Å². The molecule has 0 fully saturated rings. The molecular formula is C15H22O5. The highest BCUT2D eigenvalue weighted by atomic mass is 16.7. The summed E-state index contributed by atoms with van der Waals surface area (Å²) in [6.07, 6.45) is 0.310. The zero-order valence-corrected chi connectivity index (χ0v) is 12.3. The van der Waals surface area contributed by atoms with Crippen LogP contribution < -0.4 is 9.47 Å². The molecule has 0 radical (unpaired) electrons. The third-order valence-electron chi connectivity index (χ3n) is 2.50. The molecule has 0 unspecified atom stereocenters. The number of carbonyl (C=O) groups excluding carboxylic acids is 1. The lowest BCUT2D eigenvalue weighted by molar-refractivity contribution is -0.152. The van der Waals surface area contributed by atoms with Gasteiger partial charge >= 0.3 is 0 Å². The largest absolute Gasteiger partial charge is 0.494 e. The van der Waals surface area contributed by atoms with Gasteiger partial charge in [0.2, 0.25) is 0 Å². The summed E-state index contributed by atoms with van der Waals surface area (Å²) in [5.74, 6) is 1.14. The first kappa shape index (κ1) is 16.5. The van der Waals surface area contributed by atoms with Crippen LogP contribution in [-0.2, 0) is 9.47 Å². The van der Waals surface area contributed by atoms with E-state index in [9.17, 15) is 4.79 Å². The Bertz CT molecular complexity index is 399. The lowest BCUT2D eigenvalue weighted by Gasteiger charge is -2.18. The summed E-state index contributed by atoms with van der Waals surface area (Å²) < 4.78 is 21.7. The van der Waals surface area contributed by atoms with E-state index in [0.29, 0.717) is 36.9 Å². The SMILES string of the molecule is CCOc1ccc(OCC(OCC)OCC)c(C=O)c1. The van der Waals surface area contributed by atoms with E-state index in [2.05, 4.69) is 0 Å². The van der Waals surface area contributed by atoms with Gasteiger partial charge in [-0.3, -0.25) is 4.79 Å². The molecule has 0 spiro atoms. The number of hydrogen-bond acceptors (Lipinski definition) is 5. The monoisotopic (exact) mass is 282 g/mol. The zero-order valence-electron chi connectivity index (χ0n) is 12.3. The molecular weight excluding hydrogens is 260 g/mol. The topological polar surface area (TPSA) is 54.0 Å². The van der Waals surface area contributed by atoms with Crippen LogP contribution in [0.5, 0.6) is 11.5 Å². The van der Waals surface area contributed by atoms with Crippen molar-refractivity contribution in [2.75, 3.05) is 26.4 Å². The van der Waals surface area contributed by atoms with Gasteiger partial charge in [-0.2, -0.15) is 0 Å². The summed E-state index contributed by atoms with van der Waals surface area (Å²) in [6.45, 7) is 7.53. The highest BCUT2D eigenvalue weighted by molar-refractivity contribution is 5.80. The predicted octanol–water partition coefficient (Wildman–Crippen LogP) is 2.68. The first-order chi connectivity index (χ1) is 9.74. The first-order valence-corrected chi connectivity index (χ1v) is 6.83. The average molecular weight is 282 g/mol. The van der Waals surface area contributed by atoms with Gasteiger partial charge in [-0.05, 0) is 39.0 Å². The molecule has 1 aromatic rings. The summed E-state index contributed by atoms with van der Waals surface area (Å²) in [5.41, 5.74) is 0.447. The standard InChI is InChI=1S/C15H22O5/c1-4-17-13-7-8-14(12(9-13)10-16)20-11-15(18-5-2)19-6-3/h7-10,15H,4-6,11H2,1-3H3. The van der Waals surface area contributed by atoms with Crippen LogP contribution in [0.3, 0.4) is 0 Å². The second-order valence-corrected chi connectivity index (χ2v) is 3.90. The van der Waals surface area contributed by atoms with E-state index in [1.165, 1.54) is 0 Å². The molecule has 0 bridgehead atoms. The maximum Gasteiger partial charge on any atom is 0.191 e. The first-order valence-electron chi connectivity index (χ1n) is 6.83. The van der Waals surface area contributed by atoms with E-state index in [1.807, 2.05) is 20.8 Å². The van der Waals surface area contributed by atoms with Crippen LogP contribution in [0.2, 0.25) is 0 Å². The molecule has 0 aliphatic heterocycles. The molecule has 0 saturated heterocycles. The summed E-state index contributed by atoms with van der Waals surface area (Å²) in [5, 5.41) is 0. The Hall–Kier alpha value is -1.59. The van der Waals surface area contributed by atoms with Crippen molar-refractivity contribution in [2.45, 2.75) is 27.1 Å². The van der Waals surface area contributed by atoms with Crippen LogP contribution in [0.1, 0.15) is 31.1 Å². The van der Waals surface area contributed by atoms with Crippen LogP contribution in [0.4, 0.5) is 0 Å². The number of benzene rings is 1. The van der Waals surface area contributed by atoms with Crippen molar-refractivity contribution in [3.05, 3.63) is 23.8 Å². The molecule has 20 heavy (non-hydrogen) atoms. The van der Waals surface area contributed by atoms with Gasteiger partial charge in [0.1, 0.15) is 18.1 Å². The fourth-order valence-electron chi connectivity index (χ4n) is 1.68. The summed E-state index contributed by atoms with van der Waals surface area (Å²) in [4.78, 5) is 11.1. The predicted molar refractivity (Wildman–Crippen MR) is 75.5 cm³/mol. The number of hydrogen-bond donors (Lipinski definition) is 0. The number of carbonyl (C=O) groups is 1. The fraction of sp³-hybridized carbons (Fsp3) is 0.533. The molecule has 0 aliphatic rings. The summed E-state index contributed by atoms with van der Waals surface area (Å²) >= 11 is 0. The van der Waals surface area contributed by atoms with E-state index in [-0.39, 0.29) is 6.61 Å². The Balaban J connectivity index is 2.68. The number of ether oxygens (including phenoxy) is 4. The molecule has 0 aliphatic carbocycles. The van der Waals surface area contributed by atoms with Gasteiger partial charge in [0.25, 0.3) is 0 Å². The molecule has 5 heteroatoms. The van der Waals surface area contributed by atoms with Crippen molar-refractivity contribution in [3.63, 3.8) is 0 Å². The normalized spacial score (nSPS) is 10.6. The Kier molecular flexibility index (Phi) is 7.69. The van der Waals surface area contributed by atoms with Crippen molar-refractivity contribution in [1.82, 2.24) is 0 Å². The smallest absolute Gasteiger partial charge is 0.191 e. The van der Waals surface area contributed by atoms with Gasteiger partial charge in [0, 0.05) is 13.2 Å². The minimum absolute atomic E-state index is 0.233. The molecule has 0 amide bonds. The number of aldehydes is 1. The van der Waals surface area contributed by atoms with Gasteiger partial charge in [-0.1, -0.05) is 0 Å². The molecule has 0 atom stereocenters. The second kappa shape index (κ2) is 9.34. The summed E-state index contributed by atoms with van der Waals surface area (Å²) in [7, 11) is 0. The van der Waals surface area contributed by atoms with Gasteiger partial charge in [0.05, 0.1) is 12.2 Å². The third-order valence-corrected chi connectivity index (χ3v) is 2.50. The fourth-order valence-corrected chi connectivity index (χ4v) is 1.68. The Morgan fingerprint density at radius 2 is 1.75 bits per heavy atom. The van der Waals surface area contributed by atoms with E-state index in [4.69, 9.17) is 18.9 Å². The highest BCUT2D eigenvalue weighted by Crippen LogP contribution is 2.23. The maximum atomic E-state index is 11.1. The van der Waals surface area contributed by atoms with Crippen molar-refractivity contribution >= 4 is 6.29 Å². The van der Waals surface area contributed by atoms with Gasteiger partial charge < -0.3 is 18.9 Å². The minimum atomic E-state index is -0.434. The molecule has 0 saturated carbocycles. The second-order valence-electron chi connectivity index (χ2n) is 3.90. The Morgan fingerprint density at radius 1 is 1.05 bits per heavy atom. The Labute approximate surface area is 119 Å². The Morgan fingerprint density at radius 3 is 2.30 bits per heavy atom. The molecule has 0 N–H and O–H groups in total. The van der Waals surface area contributed by atoms with E-state index < -0.39 is 6.29 Å². The van der Waals surface area contributed by atoms with E-state index in [0.717, 1.165) is 6.29 Å². The molecule has 0 heterocycles. The average Bonchev–Trinajstić information content (AvgIpc) is 2.46. The van der Waals surface area contributed by atoms with Crippen LogP contribution in [-0.4, -0.2) is 39.0 Å². The molecule has 1 aromatic carbocycles. The van der Waals surface area contributed by atoms with Crippen LogP contribution in [0, 0.1) is 0 Å². The van der Waals surface area contributed by atoms with Crippen molar-refractivity contribution in [2.24, 2.45) is 0 Å². The third kappa shape index (κ3) is 5.19. The van der Waals surface area contributed by atoms with Crippen molar-refractivity contribution < 1.29 is 23.7 Å². The lowest BCUT2D eigenvalue weighted by atomic mass is 10.2. The van der Waals surface area contributed by atoms with Crippen molar-refractivity contribution in [1.29, 1.82) is 0 Å². The summed E-state index contributed by atoms with van der Waals surface area (Å²) in [6, 6.07) is 5.13. The van der Waals surface area contributed by atoms with Gasteiger partial charge in [0.15, 0.2) is 12.6 Å². The van der Waals surface area contributed by atoms with Crippen LogP contribution >= 0.6 is 0 Å². The van der Waals surface area contributed by atoms with Gasteiger partial charge in [-0.25, -0.2) is 0 Å². The molecule has 5 nitrogen and oxygen atoms in total. The van der Waals surface area contributed by atoms with Gasteiger partial charge in [-0.15, -0.1) is 0 Å². The van der Waals surface area contributed by atoms with E-state index in [1.54, 1.807) is 18.2 Å². The van der Waals surface area contributed by atoms with E-state index >= 15 is 0 Å².